The van der Waals surface area contributed by atoms with Gasteiger partial charge in [0, 0.05) is 28.0 Å². The van der Waals surface area contributed by atoms with Crippen LogP contribution < -0.4 is 10.2 Å². The van der Waals surface area contributed by atoms with Crippen LogP contribution in [0.25, 0.3) is 0 Å². The number of hydrogen-bond acceptors (Lipinski definition) is 4. The molecule has 1 amide bonds. The highest BCUT2D eigenvalue weighted by Crippen LogP contribution is 2.32. The third kappa shape index (κ3) is 5.48. The Morgan fingerprint density at radius 1 is 1.11 bits per heavy atom. The Bertz CT molecular complexity index is 948. The number of ether oxygens (including phenoxy) is 1. The molecule has 3 rings (SSSR count). The maximum Gasteiger partial charge on any atom is 0.271 e. The predicted molar refractivity (Wildman–Crippen MR) is 112 cm³/mol. The number of rotatable bonds is 6. The number of aromatic nitrogens is 1. The zero-order chi connectivity index (χ0) is 19.1. The molecule has 0 radical (unpaired) electrons. The van der Waals surface area contributed by atoms with Crippen molar-refractivity contribution in [3.63, 3.8) is 0 Å². The monoisotopic (exact) mass is 487 g/mol. The zero-order valence-corrected chi connectivity index (χ0v) is 17.3. The first-order valence-electron chi connectivity index (χ1n) is 8.02. The fourth-order valence-electron chi connectivity index (χ4n) is 2.29. The van der Waals surface area contributed by atoms with Crippen molar-refractivity contribution < 1.29 is 9.53 Å². The van der Waals surface area contributed by atoms with Crippen molar-refractivity contribution in [2.24, 2.45) is 5.10 Å². The number of carbonyl (C=O) groups is 1. The Hall–Kier alpha value is -2.51. The summed E-state index contributed by atoms with van der Waals surface area (Å²) in [7, 11) is 0. The third-order valence-electron chi connectivity index (χ3n) is 3.58. The van der Waals surface area contributed by atoms with Crippen molar-refractivity contribution in [2.45, 2.75) is 6.61 Å². The van der Waals surface area contributed by atoms with E-state index in [1.54, 1.807) is 30.7 Å². The van der Waals surface area contributed by atoms with Gasteiger partial charge in [0.25, 0.3) is 5.91 Å². The SMILES string of the molecule is O=C(N/N=C\c1cc(Br)cc(Br)c1OCc1ccccc1)c1ccncc1. The van der Waals surface area contributed by atoms with E-state index in [2.05, 4.69) is 47.4 Å². The van der Waals surface area contributed by atoms with Crippen molar-refractivity contribution in [3.05, 3.63) is 92.6 Å². The maximum absolute atomic E-state index is 12.1. The molecule has 0 fully saturated rings. The molecule has 0 aliphatic heterocycles. The molecule has 136 valence electrons. The molecule has 0 saturated carbocycles. The molecule has 0 saturated heterocycles. The summed E-state index contributed by atoms with van der Waals surface area (Å²) in [6.45, 7) is 0.422. The number of benzene rings is 2. The second-order valence-electron chi connectivity index (χ2n) is 5.52. The van der Waals surface area contributed by atoms with E-state index < -0.39 is 0 Å². The topological polar surface area (TPSA) is 63.6 Å². The van der Waals surface area contributed by atoms with Gasteiger partial charge in [-0.3, -0.25) is 9.78 Å². The fraction of sp³-hybridized carbons (Fsp3) is 0.0500. The standard InChI is InChI=1S/C20H15Br2N3O2/c21-17-10-16(12-24-25-20(26)15-6-8-23-9-7-15)19(18(22)11-17)27-13-14-4-2-1-3-5-14/h1-12H,13H2,(H,25,26)/b24-12-. The van der Waals surface area contributed by atoms with Crippen molar-refractivity contribution in [1.82, 2.24) is 10.4 Å². The minimum Gasteiger partial charge on any atom is -0.487 e. The van der Waals surface area contributed by atoms with Crippen molar-refractivity contribution in [1.29, 1.82) is 0 Å². The summed E-state index contributed by atoms with van der Waals surface area (Å²) >= 11 is 6.98. The first kappa shape index (κ1) is 19.3. The Kier molecular flexibility index (Phi) is 6.73. The molecular formula is C20H15Br2N3O2. The van der Waals surface area contributed by atoms with E-state index in [0.717, 1.165) is 20.1 Å². The number of hydrazone groups is 1. The number of pyridine rings is 1. The molecule has 1 N–H and O–H groups in total. The van der Waals surface area contributed by atoms with Gasteiger partial charge in [0.15, 0.2) is 0 Å². The second-order valence-corrected chi connectivity index (χ2v) is 7.29. The molecule has 0 spiro atoms. The molecule has 0 aliphatic carbocycles. The molecule has 0 atom stereocenters. The molecule has 3 aromatic rings. The molecule has 0 unspecified atom stereocenters. The first-order valence-corrected chi connectivity index (χ1v) is 9.61. The van der Waals surface area contributed by atoms with Gasteiger partial charge in [-0.25, -0.2) is 5.43 Å². The van der Waals surface area contributed by atoms with E-state index in [1.807, 2.05) is 42.5 Å². The number of halogens is 2. The van der Waals surface area contributed by atoms with Crippen LogP contribution in [0.5, 0.6) is 5.75 Å². The average Bonchev–Trinajstić information content (AvgIpc) is 2.68. The van der Waals surface area contributed by atoms with E-state index in [-0.39, 0.29) is 5.91 Å². The van der Waals surface area contributed by atoms with Crippen LogP contribution in [0.3, 0.4) is 0 Å². The number of hydrogen-bond donors (Lipinski definition) is 1. The quantitative estimate of drug-likeness (QED) is 0.394. The average molecular weight is 489 g/mol. The summed E-state index contributed by atoms with van der Waals surface area (Å²) < 4.78 is 7.62. The van der Waals surface area contributed by atoms with Crippen molar-refractivity contribution in [3.8, 4) is 5.75 Å². The van der Waals surface area contributed by atoms with Gasteiger partial charge >= 0.3 is 0 Å². The van der Waals surface area contributed by atoms with Crippen LogP contribution in [-0.2, 0) is 6.61 Å². The summed E-state index contributed by atoms with van der Waals surface area (Å²) in [5, 5.41) is 4.05. The van der Waals surface area contributed by atoms with Gasteiger partial charge in [0.2, 0.25) is 0 Å². The minimum absolute atomic E-state index is 0.311. The van der Waals surface area contributed by atoms with Crippen LogP contribution in [0.2, 0.25) is 0 Å². The Labute approximate surface area is 173 Å². The van der Waals surface area contributed by atoms with Crippen LogP contribution in [0.15, 0.2) is 81.0 Å². The van der Waals surface area contributed by atoms with Gasteiger partial charge in [-0.05, 0) is 45.8 Å². The number of nitrogens with zero attached hydrogens (tertiary/aromatic N) is 2. The number of nitrogens with one attached hydrogen (secondary N) is 1. The lowest BCUT2D eigenvalue weighted by Gasteiger charge is -2.12. The second kappa shape index (κ2) is 9.43. The maximum atomic E-state index is 12.1. The van der Waals surface area contributed by atoms with Crippen molar-refractivity contribution in [2.75, 3.05) is 0 Å². The van der Waals surface area contributed by atoms with E-state index >= 15 is 0 Å². The minimum atomic E-state index is -0.311. The summed E-state index contributed by atoms with van der Waals surface area (Å²) in [6.07, 6.45) is 4.66. The Morgan fingerprint density at radius 3 is 2.59 bits per heavy atom. The first-order chi connectivity index (χ1) is 13.1. The lowest BCUT2D eigenvalue weighted by atomic mass is 10.2. The third-order valence-corrected chi connectivity index (χ3v) is 4.62. The summed E-state index contributed by atoms with van der Waals surface area (Å²) in [5.41, 5.74) is 4.77. The molecule has 2 aromatic carbocycles. The molecule has 5 nitrogen and oxygen atoms in total. The van der Waals surface area contributed by atoms with E-state index in [1.165, 1.54) is 0 Å². The van der Waals surface area contributed by atoms with Gasteiger partial charge in [0.05, 0.1) is 10.7 Å². The molecule has 1 heterocycles. The summed E-state index contributed by atoms with van der Waals surface area (Å²) in [5.74, 6) is 0.332. The molecular weight excluding hydrogens is 474 g/mol. The molecule has 0 bridgehead atoms. The van der Waals surface area contributed by atoms with Crippen LogP contribution in [0.4, 0.5) is 0 Å². The summed E-state index contributed by atoms with van der Waals surface area (Å²) in [4.78, 5) is 15.9. The van der Waals surface area contributed by atoms with E-state index in [0.29, 0.717) is 17.9 Å². The van der Waals surface area contributed by atoms with Crippen LogP contribution in [0.1, 0.15) is 21.5 Å². The largest absolute Gasteiger partial charge is 0.487 e. The highest BCUT2D eigenvalue weighted by molar-refractivity contribution is 9.11. The Morgan fingerprint density at radius 2 is 1.85 bits per heavy atom. The lowest BCUT2D eigenvalue weighted by Crippen LogP contribution is -2.17. The lowest BCUT2D eigenvalue weighted by molar-refractivity contribution is 0.0955. The molecule has 1 aromatic heterocycles. The van der Waals surface area contributed by atoms with Crippen LogP contribution in [-0.4, -0.2) is 17.1 Å². The Balaban J connectivity index is 1.74. The molecule has 7 heteroatoms. The normalized spacial score (nSPS) is 10.7. The van der Waals surface area contributed by atoms with Gasteiger partial charge < -0.3 is 4.74 Å². The predicted octanol–water partition coefficient (Wildman–Crippen LogP) is 4.95. The fourth-order valence-corrected chi connectivity index (χ4v) is 3.66. The zero-order valence-electron chi connectivity index (χ0n) is 14.1. The van der Waals surface area contributed by atoms with Crippen molar-refractivity contribution >= 4 is 44.0 Å². The number of amides is 1. The number of carbonyl (C=O) groups excluding carboxylic acids is 1. The van der Waals surface area contributed by atoms with Gasteiger partial charge in [-0.15, -0.1) is 0 Å². The van der Waals surface area contributed by atoms with Gasteiger partial charge in [-0.1, -0.05) is 46.3 Å². The van der Waals surface area contributed by atoms with Gasteiger partial charge in [0.1, 0.15) is 12.4 Å². The van der Waals surface area contributed by atoms with E-state index in [9.17, 15) is 4.79 Å². The van der Waals surface area contributed by atoms with Crippen LogP contribution >= 0.6 is 31.9 Å². The highest BCUT2D eigenvalue weighted by Gasteiger charge is 2.10. The van der Waals surface area contributed by atoms with Crippen LogP contribution in [0, 0.1) is 0 Å². The van der Waals surface area contributed by atoms with E-state index in [4.69, 9.17) is 4.74 Å². The van der Waals surface area contributed by atoms with Gasteiger partial charge in [-0.2, -0.15) is 5.10 Å². The smallest absolute Gasteiger partial charge is 0.271 e. The molecule has 27 heavy (non-hydrogen) atoms. The highest BCUT2D eigenvalue weighted by atomic mass is 79.9. The summed E-state index contributed by atoms with van der Waals surface area (Å²) in [6, 6.07) is 16.9. The molecule has 0 aliphatic rings.